The number of fused-ring (bicyclic) bond motifs is 1. The minimum absolute atomic E-state index is 0.155. The maximum atomic E-state index is 12.8. The first-order valence-electron chi connectivity index (χ1n) is 12.0. The van der Waals surface area contributed by atoms with Crippen molar-refractivity contribution in [3.05, 3.63) is 83.4 Å². The standard InChI is InChI=1S/C27H25N7O2S/c1-32-14-16-33(17-15-32)20-6-4-19(5-7-20)30-26-28-12-10-22(31-26)25-24(18-2-8-21(35)9-3-18)34-23(36)11-13-29-27(34)37-25/h2-13,35H,14-17H2,1H3,(H,28,30,31). The molecule has 0 bridgehead atoms. The van der Waals surface area contributed by atoms with E-state index in [1.807, 2.05) is 18.2 Å². The Kier molecular flexibility index (Phi) is 6.03. The molecule has 0 saturated carbocycles. The normalized spacial score (nSPS) is 14.2. The first-order chi connectivity index (χ1) is 18.0. The van der Waals surface area contributed by atoms with E-state index in [2.05, 4.69) is 44.3 Å². The van der Waals surface area contributed by atoms with Crippen LogP contribution in [-0.4, -0.2) is 62.6 Å². The minimum Gasteiger partial charge on any atom is -0.508 e. The number of thiazole rings is 1. The van der Waals surface area contributed by atoms with Gasteiger partial charge < -0.3 is 20.2 Å². The molecule has 1 aliphatic rings. The third kappa shape index (κ3) is 4.64. The third-order valence-electron chi connectivity index (χ3n) is 6.47. The summed E-state index contributed by atoms with van der Waals surface area (Å²) >= 11 is 1.39. The van der Waals surface area contributed by atoms with Gasteiger partial charge in [-0.2, -0.15) is 0 Å². The van der Waals surface area contributed by atoms with E-state index in [-0.39, 0.29) is 11.3 Å². The smallest absolute Gasteiger partial charge is 0.258 e. The zero-order chi connectivity index (χ0) is 25.4. The molecule has 1 fully saturated rings. The summed E-state index contributed by atoms with van der Waals surface area (Å²) in [6, 6.07) is 18.3. The molecule has 6 rings (SSSR count). The van der Waals surface area contributed by atoms with Crippen LogP contribution in [0.15, 0.2) is 77.9 Å². The predicted molar refractivity (Wildman–Crippen MR) is 147 cm³/mol. The molecule has 0 spiro atoms. The third-order valence-corrected chi connectivity index (χ3v) is 7.54. The summed E-state index contributed by atoms with van der Waals surface area (Å²) in [5.41, 5.74) is 4.05. The number of nitrogens with one attached hydrogen (secondary N) is 1. The topological polar surface area (TPSA) is 98.9 Å². The summed E-state index contributed by atoms with van der Waals surface area (Å²) in [6.07, 6.45) is 3.21. The van der Waals surface area contributed by atoms with Crippen molar-refractivity contribution in [1.82, 2.24) is 24.3 Å². The largest absolute Gasteiger partial charge is 0.508 e. The number of hydrogen-bond acceptors (Lipinski definition) is 9. The highest BCUT2D eigenvalue weighted by atomic mass is 32.1. The van der Waals surface area contributed by atoms with Crippen molar-refractivity contribution >= 4 is 33.6 Å². The molecule has 37 heavy (non-hydrogen) atoms. The van der Waals surface area contributed by atoms with Crippen molar-refractivity contribution in [1.29, 1.82) is 0 Å². The average Bonchev–Trinajstić information content (AvgIpc) is 3.31. The van der Waals surface area contributed by atoms with Crippen LogP contribution in [0.5, 0.6) is 5.75 Å². The first kappa shape index (κ1) is 23.1. The Balaban J connectivity index is 1.33. The van der Waals surface area contributed by atoms with E-state index in [0.717, 1.165) is 42.3 Å². The molecule has 0 aliphatic carbocycles. The second-order valence-corrected chi connectivity index (χ2v) is 9.93. The highest BCUT2D eigenvalue weighted by Gasteiger charge is 2.19. The summed E-state index contributed by atoms with van der Waals surface area (Å²) in [7, 11) is 2.15. The van der Waals surface area contributed by atoms with Crippen molar-refractivity contribution in [3.8, 4) is 27.6 Å². The molecule has 0 unspecified atom stereocenters. The van der Waals surface area contributed by atoms with E-state index in [1.54, 1.807) is 34.9 Å². The molecular formula is C27H25N7O2S. The maximum absolute atomic E-state index is 12.8. The summed E-state index contributed by atoms with van der Waals surface area (Å²) < 4.78 is 1.58. The summed E-state index contributed by atoms with van der Waals surface area (Å²) in [5, 5.41) is 13.1. The molecule has 9 nitrogen and oxygen atoms in total. The Morgan fingerprint density at radius 3 is 2.38 bits per heavy atom. The molecule has 4 heterocycles. The van der Waals surface area contributed by atoms with Gasteiger partial charge in [-0.25, -0.2) is 15.0 Å². The van der Waals surface area contributed by atoms with Gasteiger partial charge in [-0.3, -0.25) is 9.20 Å². The number of aromatic nitrogens is 4. The summed E-state index contributed by atoms with van der Waals surface area (Å²) in [6.45, 7) is 4.16. The molecule has 2 N–H and O–H groups in total. The lowest BCUT2D eigenvalue weighted by Crippen LogP contribution is -2.44. The molecule has 1 aliphatic heterocycles. The van der Waals surface area contributed by atoms with Crippen molar-refractivity contribution in [2.45, 2.75) is 0 Å². The van der Waals surface area contributed by atoms with Crippen molar-refractivity contribution in [3.63, 3.8) is 0 Å². The van der Waals surface area contributed by atoms with Gasteiger partial charge in [0.2, 0.25) is 5.95 Å². The summed E-state index contributed by atoms with van der Waals surface area (Å²) in [4.78, 5) is 32.5. The SMILES string of the molecule is CN1CCN(c2ccc(Nc3nccc(-c4sc5nccc(=O)n5c4-c4ccc(O)cc4)n3)cc2)CC1. The van der Waals surface area contributed by atoms with Crippen LogP contribution in [0, 0.1) is 0 Å². The highest BCUT2D eigenvalue weighted by Crippen LogP contribution is 2.38. The Labute approximate surface area is 217 Å². The zero-order valence-corrected chi connectivity index (χ0v) is 21.0. The number of rotatable bonds is 5. The molecule has 5 aromatic rings. The molecule has 10 heteroatoms. The number of piperazine rings is 1. The Bertz CT molecular complexity index is 1610. The number of likely N-dealkylation sites (N-methyl/N-ethyl adjacent to an activating group) is 1. The second kappa shape index (κ2) is 9.64. The molecule has 1 saturated heterocycles. The van der Waals surface area contributed by atoms with Gasteiger partial charge in [0.1, 0.15) is 5.75 Å². The van der Waals surface area contributed by atoms with E-state index >= 15 is 0 Å². The van der Waals surface area contributed by atoms with E-state index in [1.165, 1.54) is 29.3 Å². The number of benzene rings is 2. The number of aromatic hydroxyl groups is 1. The molecule has 186 valence electrons. The molecular weight excluding hydrogens is 486 g/mol. The van der Waals surface area contributed by atoms with Gasteiger partial charge in [0, 0.05) is 61.6 Å². The van der Waals surface area contributed by atoms with Crippen LogP contribution < -0.4 is 15.8 Å². The fourth-order valence-corrected chi connectivity index (χ4v) is 5.55. The van der Waals surface area contributed by atoms with E-state index in [0.29, 0.717) is 22.3 Å². The van der Waals surface area contributed by atoms with Gasteiger partial charge >= 0.3 is 0 Å². The highest BCUT2D eigenvalue weighted by molar-refractivity contribution is 7.20. The van der Waals surface area contributed by atoms with Gasteiger partial charge in [0.05, 0.1) is 16.3 Å². The van der Waals surface area contributed by atoms with E-state index < -0.39 is 0 Å². The number of phenolic OH excluding ortho intramolecular Hbond substituents is 1. The Hall–Kier alpha value is -4.28. The predicted octanol–water partition coefficient (Wildman–Crippen LogP) is 4.08. The lowest BCUT2D eigenvalue weighted by molar-refractivity contribution is 0.313. The maximum Gasteiger partial charge on any atom is 0.258 e. The number of nitrogens with zero attached hydrogens (tertiary/aromatic N) is 6. The van der Waals surface area contributed by atoms with E-state index in [4.69, 9.17) is 4.98 Å². The van der Waals surface area contributed by atoms with Gasteiger partial charge in [-0.15, -0.1) is 0 Å². The fraction of sp³-hybridized carbons (Fsp3) is 0.185. The van der Waals surface area contributed by atoms with Crippen LogP contribution in [0.2, 0.25) is 0 Å². The van der Waals surface area contributed by atoms with Gasteiger partial charge in [0.15, 0.2) is 4.96 Å². The van der Waals surface area contributed by atoms with Crippen LogP contribution in [0.1, 0.15) is 0 Å². The minimum atomic E-state index is -0.177. The van der Waals surface area contributed by atoms with Crippen LogP contribution in [-0.2, 0) is 0 Å². The number of phenols is 1. The lowest BCUT2D eigenvalue weighted by atomic mass is 10.1. The molecule has 0 radical (unpaired) electrons. The lowest BCUT2D eigenvalue weighted by Gasteiger charge is -2.34. The van der Waals surface area contributed by atoms with E-state index in [9.17, 15) is 9.90 Å². The fourth-order valence-electron chi connectivity index (χ4n) is 4.46. The average molecular weight is 512 g/mol. The zero-order valence-electron chi connectivity index (χ0n) is 20.2. The quantitative estimate of drug-likeness (QED) is 0.364. The van der Waals surface area contributed by atoms with Crippen LogP contribution in [0.3, 0.4) is 0 Å². The second-order valence-electron chi connectivity index (χ2n) is 8.96. The van der Waals surface area contributed by atoms with Crippen molar-refractivity contribution in [2.75, 3.05) is 43.4 Å². The van der Waals surface area contributed by atoms with Gasteiger partial charge in [-0.05, 0) is 61.6 Å². The Morgan fingerprint density at radius 1 is 0.892 bits per heavy atom. The number of hydrogen-bond donors (Lipinski definition) is 2. The van der Waals surface area contributed by atoms with Gasteiger partial charge in [0.25, 0.3) is 5.56 Å². The van der Waals surface area contributed by atoms with Crippen molar-refractivity contribution < 1.29 is 5.11 Å². The van der Waals surface area contributed by atoms with Gasteiger partial charge in [-0.1, -0.05) is 11.3 Å². The van der Waals surface area contributed by atoms with Crippen LogP contribution >= 0.6 is 11.3 Å². The van der Waals surface area contributed by atoms with Crippen molar-refractivity contribution in [2.24, 2.45) is 0 Å². The molecule has 3 aromatic heterocycles. The van der Waals surface area contributed by atoms with Crippen LogP contribution in [0.4, 0.5) is 17.3 Å². The monoisotopic (exact) mass is 511 g/mol. The molecule has 0 atom stereocenters. The Morgan fingerprint density at radius 2 is 1.62 bits per heavy atom. The summed E-state index contributed by atoms with van der Waals surface area (Å²) in [5.74, 6) is 0.613. The molecule has 2 aromatic carbocycles. The van der Waals surface area contributed by atoms with Crippen LogP contribution in [0.25, 0.3) is 26.8 Å². The first-order valence-corrected chi connectivity index (χ1v) is 12.8. The molecule has 0 amide bonds. The number of anilines is 3.